The number of aromatic nitrogens is 1. The summed E-state index contributed by atoms with van der Waals surface area (Å²) in [6.45, 7) is 5.70. The maximum Gasteiger partial charge on any atom is 0.134 e. The Kier molecular flexibility index (Phi) is 3.57. The summed E-state index contributed by atoms with van der Waals surface area (Å²) < 4.78 is 0. The van der Waals surface area contributed by atoms with Crippen molar-refractivity contribution in [1.29, 1.82) is 0 Å². The van der Waals surface area contributed by atoms with Gasteiger partial charge < -0.3 is 10.0 Å². The van der Waals surface area contributed by atoms with Gasteiger partial charge in [-0.3, -0.25) is 0 Å². The first kappa shape index (κ1) is 11.1. The Morgan fingerprint density at radius 2 is 2.12 bits per heavy atom. The summed E-state index contributed by atoms with van der Waals surface area (Å²) >= 11 is 0. The standard InChI is InChI=1S/C13H18N2O/c1-2-12(16)11-7-6-8-14-13(11)15-9-4-3-5-10-15/h2,6-8,12,16H,1,3-5,9-10H2. The minimum atomic E-state index is -0.620. The lowest BCUT2D eigenvalue weighted by Gasteiger charge is -2.29. The number of anilines is 1. The minimum Gasteiger partial charge on any atom is -0.384 e. The molecule has 0 radical (unpaired) electrons. The fourth-order valence-electron chi connectivity index (χ4n) is 2.14. The van der Waals surface area contributed by atoms with Crippen molar-refractivity contribution in [1.82, 2.24) is 4.98 Å². The van der Waals surface area contributed by atoms with Crippen molar-refractivity contribution in [3.63, 3.8) is 0 Å². The van der Waals surface area contributed by atoms with Gasteiger partial charge in [-0.1, -0.05) is 12.1 Å². The first-order valence-electron chi connectivity index (χ1n) is 5.83. The molecule has 0 saturated carbocycles. The molecule has 0 bridgehead atoms. The highest BCUT2D eigenvalue weighted by atomic mass is 16.3. The van der Waals surface area contributed by atoms with Gasteiger partial charge in [-0.25, -0.2) is 4.98 Å². The monoisotopic (exact) mass is 218 g/mol. The van der Waals surface area contributed by atoms with E-state index in [4.69, 9.17) is 0 Å². The lowest BCUT2D eigenvalue weighted by atomic mass is 10.1. The van der Waals surface area contributed by atoms with Crippen LogP contribution in [0.25, 0.3) is 0 Å². The van der Waals surface area contributed by atoms with Crippen molar-refractivity contribution in [2.45, 2.75) is 25.4 Å². The Labute approximate surface area is 96.4 Å². The van der Waals surface area contributed by atoms with Gasteiger partial charge in [0.25, 0.3) is 0 Å². The van der Waals surface area contributed by atoms with Crippen LogP contribution in [0.5, 0.6) is 0 Å². The van der Waals surface area contributed by atoms with E-state index in [1.165, 1.54) is 19.3 Å². The lowest BCUT2D eigenvalue weighted by molar-refractivity contribution is 0.229. The van der Waals surface area contributed by atoms with Gasteiger partial charge in [0, 0.05) is 24.8 Å². The van der Waals surface area contributed by atoms with Crippen LogP contribution in [-0.4, -0.2) is 23.2 Å². The molecule has 1 fully saturated rings. The summed E-state index contributed by atoms with van der Waals surface area (Å²) in [4.78, 5) is 6.65. The van der Waals surface area contributed by atoms with Crippen LogP contribution in [0, 0.1) is 0 Å². The lowest BCUT2D eigenvalue weighted by Crippen LogP contribution is -2.31. The van der Waals surface area contributed by atoms with Crippen LogP contribution in [0.1, 0.15) is 30.9 Å². The zero-order chi connectivity index (χ0) is 11.4. The summed E-state index contributed by atoms with van der Waals surface area (Å²) in [5, 5.41) is 9.86. The van der Waals surface area contributed by atoms with E-state index in [1.807, 2.05) is 12.1 Å². The molecule has 0 spiro atoms. The SMILES string of the molecule is C=CC(O)c1cccnc1N1CCCCC1. The molecule has 0 aromatic carbocycles. The molecule has 1 atom stereocenters. The van der Waals surface area contributed by atoms with E-state index < -0.39 is 6.10 Å². The molecule has 2 rings (SSSR count). The summed E-state index contributed by atoms with van der Waals surface area (Å²) in [5.74, 6) is 0.912. The Balaban J connectivity index is 2.27. The van der Waals surface area contributed by atoms with Crippen molar-refractivity contribution in [2.75, 3.05) is 18.0 Å². The Morgan fingerprint density at radius 1 is 1.38 bits per heavy atom. The second-order valence-electron chi connectivity index (χ2n) is 4.14. The molecule has 3 nitrogen and oxygen atoms in total. The predicted molar refractivity (Wildman–Crippen MR) is 65.5 cm³/mol. The highest BCUT2D eigenvalue weighted by Crippen LogP contribution is 2.26. The predicted octanol–water partition coefficient (Wildman–Crippen LogP) is 2.29. The van der Waals surface area contributed by atoms with Crippen molar-refractivity contribution in [2.24, 2.45) is 0 Å². The normalized spacial score (nSPS) is 18.2. The van der Waals surface area contributed by atoms with Gasteiger partial charge in [0.15, 0.2) is 0 Å². The largest absolute Gasteiger partial charge is 0.384 e. The zero-order valence-corrected chi connectivity index (χ0v) is 9.47. The molecule has 1 aromatic heterocycles. The van der Waals surface area contributed by atoms with Gasteiger partial charge in [0.1, 0.15) is 11.9 Å². The molecule has 1 N–H and O–H groups in total. The molecule has 3 heteroatoms. The quantitative estimate of drug-likeness (QED) is 0.791. The Hall–Kier alpha value is -1.35. The van der Waals surface area contributed by atoms with Gasteiger partial charge in [-0.05, 0) is 25.3 Å². The summed E-state index contributed by atoms with van der Waals surface area (Å²) in [7, 11) is 0. The fourth-order valence-corrected chi connectivity index (χ4v) is 2.14. The van der Waals surface area contributed by atoms with Gasteiger partial charge >= 0.3 is 0 Å². The van der Waals surface area contributed by atoms with Crippen LogP contribution in [0.15, 0.2) is 31.0 Å². The first-order chi connectivity index (χ1) is 7.83. The molecule has 16 heavy (non-hydrogen) atoms. The van der Waals surface area contributed by atoms with Gasteiger partial charge in [0.2, 0.25) is 0 Å². The van der Waals surface area contributed by atoms with Crippen LogP contribution in [0.4, 0.5) is 5.82 Å². The molecule has 1 unspecified atom stereocenters. The third kappa shape index (κ3) is 2.25. The highest BCUT2D eigenvalue weighted by molar-refractivity contribution is 5.49. The van der Waals surface area contributed by atoms with Crippen LogP contribution in [-0.2, 0) is 0 Å². The van der Waals surface area contributed by atoms with E-state index in [-0.39, 0.29) is 0 Å². The van der Waals surface area contributed by atoms with Gasteiger partial charge in [-0.2, -0.15) is 0 Å². The Morgan fingerprint density at radius 3 is 2.81 bits per heavy atom. The number of aliphatic hydroxyl groups excluding tert-OH is 1. The second-order valence-corrected chi connectivity index (χ2v) is 4.14. The average molecular weight is 218 g/mol. The van der Waals surface area contributed by atoms with Crippen LogP contribution >= 0.6 is 0 Å². The summed E-state index contributed by atoms with van der Waals surface area (Å²) in [6, 6.07) is 3.78. The first-order valence-corrected chi connectivity index (χ1v) is 5.83. The van der Waals surface area contributed by atoms with E-state index in [0.29, 0.717) is 0 Å². The maximum absolute atomic E-state index is 9.86. The van der Waals surface area contributed by atoms with Crippen LogP contribution in [0.3, 0.4) is 0 Å². The fraction of sp³-hybridized carbons (Fsp3) is 0.462. The summed E-state index contributed by atoms with van der Waals surface area (Å²) in [5.41, 5.74) is 0.861. The van der Waals surface area contributed by atoms with Crippen LogP contribution in [0.2, 0.25) is 0 Å². The van der Waals surface area contributed by atoms with E-state index in [2.05, 4.69) is 16.5 Å². The van der Waals surface area contributed by atoms with Crippen molar-refractivity contribution in [3.8, 4) is 0 Å². The molecular formula is C13H18N2O. The molecule has 0 aliphatic carbocycles. The molecular weight excluding hydrogens is 200 g/mol. The smallest absolute Gasteiger partial charge is 0.134 e. The third-order valence-electron chi connectivity index (χ3n) is 3.01. The van der Waals surface area contributed by atoms with E-state index in [0.717, 1.165) is 24.5 Å². The number of hydrogen-bond donors (Lipinski definition) is 1. The van der Waals surface area contributed by atoms with Crippen LogP contribution < -0.4 is 4.90 Å². The average Bonchev–Trinajstić information content (AvgIpc) is 2.39. The number of aliphatic hydroxyl groups is 1. The van der Waals surface area contributed by atoms with Gasteiger partial charge in [-0.15, -0.1) is 6.58 Å². The van der Waals surface area contributed by atoms with Crippen molar-refractivity contribution in [3.05, 3.63) is 36.5 Å². The van der Waals surface area contributed by atoms with E-state index in [9.17, 15) is 5.11 Å². The second kappa shape index (κ2) is 5.12. The van der Waals surface area contributed by atoms with Gasteiger partial charge in [0.05, 0.1) is 0 Å². The van der Waals surface area contributed by atoms with Crippen molar-refractivity contribution < 1.29 is 5.11 Å². The maximum atomic E-state index is 9.86. The number of nitrogens with zero attached hydrogens (tertiary/aromatic N) is 2. The molecule has 1 aliphatic heterocycles. The molecule has 2 heterocycles. The topological polar surface area (TPSA) is 36.4 Å². The molecule has 1 aliphatic rings. The Bertz CT molecular complexity index is 359. The number of piperidine rings is 1. The van der Waals surface area contributed by atoms with E-state index in [1.54, 1.807) is 12.3 Å². The number of hydrogen-bond acceptors (Lipinski definition) is 3. The third-order valence-corrected chi connectivity index (χ3v) is 3.01. The molecule has 1 aromatic rings. The highest BCUT2D eigenvalue weighted by Gasteiger charge is 2.17. The minimum absolute atomic E-state index is 0.620. The molecule has 1 saturated heterocycles. The zero-order valence-electron chi connectivity index (χ0n) is 9.47. The molecule has 0 amide bonds. The summed E-state index contributed by atoms with van der Waals surface area (Å²) in [6.07, 6.45) is 6.42. The number of rotatable bonds is 3. The number of pyridine rings is 1. The van der Waals surface area contributed by atoms with Crippen molar-refractivity contribution >= 4 is 5.82 Å². The molecule has 86 valence electrons. The van der Waals surface area contributed by atoms with E-state index >= 15 is 0 Å².